The van der Waals surface area contributed by atoms with Crippen molar-refractivity contribution in [2.75, 3.05) is 13.7 Å². The largest absolute Gasteiger partial charge is 0.481 e. The van der Waals surface area contributed by atoms with Gasteiger partial charge in [0.25, 0.3) is 5.56 Å². The molecule has 1 aromatic carbocycles. The van der Waals surface area contributed by atoms with Crippen LogP contribution in [0.3, 0.4) is 0 Å². The predicted octanol–water partition coefficient (Wildman–Crippen LogP) is 5.00. The fourth-order valence-corrected chi connectivity index (χ4v) is 7.38. The first kappa shape index (κ1) is 25.9. The molecule has 3 fully saturated rings. The maximum absolute atomic E-state index is 14.0. The maximum atomic E-state index is 14.0. The van der Waals surface area contributed by atoms with E-state index in [-0.39, 0.29) is 35.8 Å². The molecule has 1 aromatic heterocycles. The van der Waals surface area contributed by atoms with Gasteiger partial charge in [-0.3, -0.25) is 14.5 Å². The average Bonchev–Trinajstić information content (AvgIpc) is 2.90. The van der Waals surface area contributed by atoms with Crippen LogP contribution in [-0.4, -0.2) is 57.0 Å². The molecule has 2 bridgehead atoms. The molecule has 0 radical (unpaired) electrons. The molecule has 2 saturated carbocycles. The minimum absolute atomic E-state index is 0.0618. The zero-order valence-electron chi connectivity index (χ0n) is 22.1. The number of benzene rings is 1. The first-order valence-electron chi connectivity index (χ1n) is 14.1. The molecule has 2 heterocycles. The number of carbonyl (C=O) groups is 1. The van der Waals surface area contributed by atoms with Crippen LogP contribution in [-0.2, 0) is 9.63 Å². The Bertz CT molecular complexity index is 1200. The van der Waals surface area contributed by atoms with E-state index >= 15 is 0 Å². The van der Waals surface area contributed by atoms with E-state index in [2.05, 4.69) is 22.0 Å². The molecule has 5 atom stereocenters. The highest BCUT2D eigenvalue weighted by Gasteiger charge is 2.39. The summed E-state index contributed by atoms with van der Waals surface area (Å²) in [6.45, 7) is 3.28. The smallest absolute Gasteiger partial charge is 0.303 e. The molecule has 2 aromatic rings. The van der Waals surface area contributed by atoms with E-state index in [1.54, 1.807) is 0 Å². The minimum atomic E-state index is -0.949. The van der Waals surface area contributed by atoms with Crippen LogP contribution in [0.25, 0.3) is 11.0 Å². The molecule has 3 unspecified atom stereocenters. The van der Waals surface area contributed by atoms with E-state index in [1.165, 1.54) is 45.6 Å². The van der Waals surface area contributed by atoms with E-state index in [9.17, 15) is 14.7 Å². The monoisotopic (exact) mass is 508 g/mol. The second-order valence-corrected chi connectivity index (χ2v) is 11.2. The molecule has 1 N–H and O–H groups in total. The van der Waals surface area contributed by atoms with Gasteiger partial charge >= 0.3 is 5.97 Å². The predicted molar refractivity (Wildman–Crippen MR) is 144 cm³/mol. The lowest BCUT2D eigenvalue weighted by Crippen LogP contribution is -2.52. The van der Waals surface area contributed by atoms with Crippen molar-refractivity contribution in [2.45, 2.75) is 95.7 Å². The zero-order chi connectivity index (χ0) is 25.9. The van der Waals surface area contributed by atoms with Crippen molar-refractivity contribution in [3.05, 3.63) is 40.3 Å². The van der Waals surface area contributed by atoms with Crippen molar-refractivity contribution in [3.8, 4) is 0 Å². The van der Waals surface area contributed by atoms with E-state index in [1.807, 2.05) is 28.8 Å². The molecule has 8 heteroatoms. The Balaban J connectivity index is 1.46. The lowest BCUT2D eigenvalue weighted by atomic mass is 9.69. The van der Waals surface area contributed by atoms with Gasteiger partial charge in [-0.2, -0.15) is 0 Å². The van der Waals surface area contributed by atoms with E-state index in [0.717, 1.165) is 43.2 Å². The van der Waals surface area contributed by atoms with Crippen molar-refractivity contribution >= 4 is 22.7 Å². The molecule has 8 nitrogen and oxygen atoms in total. The Kier molecular flexibility index (Phi) is 7.93. The maximum Gasteiger partial charge on any atom is 0.303 e. The number of hydrogen-bond acceptors (Lipinski definition) is 6. The Labute approximate surface area is 218 Å². The number of likely N-dealkylation sites (tertiary alicyclic amines) is 1. The lowest BCUT2D eigenvalue weighted by molar-refractivity contribution is -0.136. The summed E-state index contributed by atoms with van der Waals surface area (Å²) in [5.41, 5.74) is 1.81. The summed E-state index contributed by atoms with van der Waals surface area (Å²) in [4.78, 5) is 37.6. The quantitative estimate of drug-likeness (QED) is 0.398. The zero-order valence-corrected chi connectivity index (χ0v) is 22.1. The molecule has 3 aliphatic rings. The third kappa shape index (κ3) is 5.44. The van der Waals surface area contributed by atoms with Gasteiger partial charge in [-0.25, -0.2) is 4.98 Å². The molecular formula is C29H40N4O4. The number of oxime groups is 1. The Morgan fingerprint density at radius 3 is 2.54 bits per heavy atom. The van der Waals surface area contributed by atoms with Gasteiger partial charge in [-0.1, -0.05) is 43.5 Å². The average molecular weight is 509 g/mol. The van der Waals surface area contributed by atoms with Crippen LogP contribution in [0.1, 0.15) is 89.3 Å². The van der Waals surface area contributed by atoms with Crippen molar-refractivity contribution in [3.63, 3.8) is 0 Å². The highest BCUT2D eigenvalue weighted by molar-refractivity contribution is 6.00. The van der Waals surface area contributed by atoms with E-state index in [0.29, 0.717) is 17.6 Å². The Morgan fingerprint density at radius 1 is 1.08 bits per heavy atom. The van der Waals surface area contributed by atoms with Crippen LogP contribution >= 0.6 is 0 Å². The summed E-state index contributed by atoms with van der Waals surface area (Å²) in [6, 6.07) is 8.91. The number of piperidine rings is 1. The summed E-state index contributed by atoms with van der Waals surface area (Å²) < 4.78 is 1.92. The highest BCUT2D eigenvalue weighted by Crippen LogP contribution is 2.43. The third-order valence-electron chi connectivity index (χ3n) is 8.99. The summed E-state index contributed by atoms with van der Waals surface area (Å²) in [5.74, 6) is 0.840. The molecule has 2 aliphatic carbocycles. The Morgan fingerprint density at radius 2 is 1.84 bits per heavy atom. The van der Waals surface area contributed by atoms with Gasteiger partial charge in [0, 0.05) is 31.1 Å². The number of nitrogens with zero attached hydrogens (tertiary/aromatic N) is 4. The van der Waals surface area contributed by atoms with Crippen LogP contribution in [0.2, 0.25) is 0 Å². The number of aromatic nitrogens is 2. The van der Waals surface area contributed by atoms with Crippen LogP contribution < -0.4 is 5.56 Å². The highest BCUT2D eigenvalue weighted by atomic mass is 16.6. The fourth-order valence-electron chi connectivity index (χ4n) is 7.38. The van der Waals surface area contributed by atoms with Crippen molar-refractivity contribution < 1.29 is 14.7 Å². The standard InChI is InChI=1S/C29H40N4O4/c1-3-21-18-22(13-14-32(21)23-16-19-7-6-8-20(15-19)17-23)33-26-10-5-4-9-24(26)30-28(29(33)36)25(31-37-2)11-12-27(34)35/h4-5,9-10,19-23H,3,6-8,11-18H2,1-2H3,(H,34,35)/b31-25+/t19-,20?,21+,22?,23?/m0/s1. The number of carboxylic acids is 1. The third-order valence-corrected chi connectivity index (χ3v) is 8.99. The number of para-hydroxylation sites is 2. The molecule has 0 spiro atoms. The van der Waals surface area contributed by atoms with Gasteiger partial charge in [-0.15, -0.1) is 0 Å². The summed E-state index contributed by atoms with van der Waals surface area (Å²) in [7, 11) is 1.40. The second-order valence-electron chi connectivity index (χ2n) is 11.2. The van der Waals surface area contributed by atoms with Gasteiger partial charge < -0.3 is 14.5 Å². The van der Waals surface area contributed by atoms with Gasteiger partial charge in [0.15, 0.2) is 5.69 Å². The van der Waals surface area contributed by atoms with Crippen molar-refractivity contribution in [2.24, 2.45) is 17.0 Å². The lowest BCUT2D eigenvalue weighted by Gasteiger charge is -2.49. The van der Waals surface area contributed by atoms with E-state index in [4.69, 9.17) is 4.84 Å². The van der Waals surface area contributed by atoms with E-state index < -0.39 is 5.97 Å². The van der Waals surface area contributed by atoms with Gasteiger partial charge in [0.05, 0.1) is 17.5 Å². The summed E-state index contributed by atoms with van der Waals surface area (Å²) >= 11 is 0. The first-order chi connectivity index (χ1) is 18.0. The summed E-state index contributed by atoms with van der Waals surface area (Å²) in [6.07, 6.45) is 11.2. The number of hydrogen-bond donors (Lipinski definition) is 1. The molecule has 5 rings (SSSR count). The number of fused-ring (bicyclic) bond motifs is 3. The number of aliphatic carboxylic acids is 1. The fraction of sp³-hybridized carbons (Fsp3) is 0.655. The first-order valence-corrected chi connectivity index (χ1v) is 14.1. The number of carboxylic acid groups (broad SMARTS) is 1. The van der Waals surface area contributed by atoms with Crippen LogP contribution in [0.15, 0.2) is 34.2 Å². The molecule has 1 aliphatic heterocycles. The topological polar surface area (TPSA) is 97.0 Å². The van der Waals surface area contributed by atoms with Gasteiger partial charge in [0.1, 0.15) is 12.8 Å². The number of rotatable bonds is 8. The van der Waals surface area contributed by atoms with Gasteiger partial charge in [-0.05, 0) is 62.5 Å². The summed E-state index contributed by atoms with van der Waals surface area (Å²) in [5, 5.41) is 13.2. The molecule has 1 saturated heterocycles. The second kappa shape index (κ2) is 11.3. The molecular weight excluding hydrogens is 468 g/mol. The minimum Gasteiger partial charge on any atom is -0.481 e. The van der Waals surface area contributed by atoms with Crippen LogP contribution in [0.5, 0.6) is 0 Å². The Hall–Kier alpha value is -2.74. The normalized spacial score (nSPS) is 28.8. The molecule has 200 valence electrons. The van der Waals surface area contributed by atoms with Gasteiger partial charge in [0.2, 0.25) is 0 Å². The molecule has 37 heavy (non-hydrogen) atoms. The van der Waals surface area contributed by atoms with Crippen molar-refractivity contribution in [1.82, 2.24) is 14.5 Å². The van der Waals surface area contributed by atoms with Crippen molar-refractivity contribution in [1.29, 1.82) is 0 Å². The van der Waals surface area contributed by atoms with Crippen LogP contribution in [0, 0.1) is 11.8 Å². The molecule has 0 amide bonds. The SMILES string of the molecule is CC[C@@H]1CC(n2c(=O)c(/C(CCC(=O)O)=N/OC)nc3ccccc32)CCN1C1CC2CCC[C@@H](C2)C1. The van der Waals surface area contributed by atoms with Crippen LogP contribution in [0.4, 0.5) is 0 Å².